The lowest BCUT2D eigenvalue weighted by molar-refractivity contribution is -0.155. The van der Waals surface area contributed by atoms with Crippen molar-refractivity contribution in [2.24, 2.45) is 5.41 Å². The molecule has 0 unspecified atom stereocenters. The monoisotopic (exact) mass is 378 g/mol. The van der Waals surface area contributed by atoms with Crippen LogP contribution in [-0.2, 0) is 16.1 Å². The van der Waals surface area contributed by atoms with Gasteiger partial charge < -0.3 is 4.74 Å². The number of nitrogens with zero attached hydrogens (tertiary/aromatic N) is 2. The molecule has 0 spiro atoms. The molecule has 2 heterocycles. The zero-order valence-corrected chi connectivity index (χ0v) is 16.4. The number of esters is 1. The molecule has 0 aliphatic carbocycles. The third-order valence-electron chi connectivity index (χ3n) is 6.13. The molecular weight excluding hydrogens is 352 g/mol. The first-order valence-electron chi connectivity index (χ1n) is 9.76. The summed E-state index contributed by atoms with van der Waals surface area (Å²) in [6, 6.07) is 19.3. The summed E-state index contributed by atoms with van der Waals surface area (Å²) in [7, 11) is 1.43. The second-order valence-electron chi connectivity index (χ2n) is 7.93. The number of ether oxygens (including phenoxy) is 1. The van der Waals surface area contributed by atoms with Crippen LogP contribution in [0.15, 0.2) is 60.7 Å². The quantitative estimate of drug-likeness (QED) is 0.591. The number of carbonyl (C=O) groups excluding carboxylic acids is 2. The molecule has 0 saturated carbocycles. The van der Waals surface area contributed by atoms with Crippen molar-refractivity contribution < 1.29 is 14.3 Å². The van der Waals surface area contributed by atoms with E-state index in [4.69, 9.17) is 4.74 Å². The largest absolute Gasteiger partial charge is 0.469 e. The zero-order valence-electron chi connectivity index (χ0n) is 16.4. The summed E-state index contributed by atoms with van der Waals surface area (Å²) < 4.78 is 5.17. The van der Waals surface area contributed by atoms with E-state index < -0.39 is 5.41 Å². The number of methoxy groups -OCH3 is 1. The Hall–Kier alpha value is -2.50. The van der Waals surface area contributed by atoms with E-state index in [1.165, 1.54) is 12.7 Å². The minimum Gasteiger partial charge on any atom is -0.469 e. The summed E-state index contributed by atoms with van der Waals surface area (Å²) in [5.41, 5.74) is 1.16. The van der Waals surface area contributed by atoms with Gasteiger partial charge in [-0.25, -0.2) is 0 Å². The molecule has 2 aromatic carbocycles. The molecule has 2 aliphatic heterocycles. The number of rotatable bonds is 5. The van der Waals surface area contributed by atoms with Crippen LogP contribution in [0.2, 0.25) is 0 Å². The molecule has 28 heavy (non-hydrogen) atoms. The van der Waals surface area contributed by atoms with Crippen molar-refractivity contribution in [3.63, 3.8) is 0 Å². The Morgan fingerprint density at radius 2 is 1.68 bits per heavy atom. The summed E-state index contributed by atoms with van der Waals surface area (Å²) in [5, 5.41) is 0. The van der Waals surface area contributed by atoms with E-state index >= 15 is 0 Å². The fraction of sp³-hybridized carbons (Fsp3) is 0.391. The highest BCUT2D eigenvalue weighted by atomic mass is 16.5. The van der Waals surface area contributed by atoms with Gasteiger partial charge in [0.1, 0.15) is 0 Å². The molecule has 2 aliphatic rings. The minimum absolute atomic E-state index is 0.0831. The summed E-state index contributed by atoms with van der Waals surface area (Å²) in [5.74, 6) is -0.161. The van der Waals surface area contributed by atoms with Gasteiger partial charge in [0.05, 0.1) is 24.7 Å². The Balaban J connectivity index is 1.65. The second kappa shape index (κ2) is 7.49. The van der Waals surface area contributed by atoms with Crippen molar-refractivity contribution in [2.75, 3.05) is 20.2 Å². The van der Waals surface area contributed by atoms with Gasteiger partial charge in [0.15, 0.2) is 5.78 Å². The number of Topliss-reactive ketones (excluding diaryl/α,β-unsaturated/α-hetero) is 1. The van der Waals surface area contributed by atoms with E-state index in [2.05, 4.69) is 21.9 Å². The van der Waals surface area contributed by atoms with E-state index in [0.717, 1.165) is 19.6 Å². The van der Waals surface area contributed by atoms with Gasteiger partial charge in [-0.3, -0.25) is 19.4 Å². The van der Waals surface area contributed by atoms with Crippen LogP contribution in [0.25, 0.3) is 0 Å². The van der Waals surface area contributed by atoms with Crippen molar-refractivity contribution in [2.45, 2.75) is 32.1 Å². The molecule has 0 aromatic heterocycles. The van der Waals surface area contributed by atoms with Gasteiger partial charge in [-0.1, -0.05) is 60.7 Å². The van der Waals surface area contributed by atoms with E-state index in [9.17, 15) is 9.59 Å². The first-order valence-corrected chi connectivity index (χ1v) is 9.76. The molecule has 3 atom stereocenters. The molecule has 0 amide bonds. The molecule has 2 saturated heterocycles. The van der Waals surface area contributed by atoms with Gasteiger partial charge in [-0.2, -0.15) is 0 Å². The minimum atomic E-state index is -0.741. The summed E-state index contributed by atoms with van der Waals surface area (Å²) >= 11 is 0. The first-order chi connectivity index (χ1) is 13.5. The lowest BCUT2D eigenvalue weighted by Gasteiger charge is -2.35. The van der Waals surface area contributed by atoms with E-state index in [-0.39, 0.29) is 24.0 Å². The van der Waals surface area contributed by atoms with Gasteiger partial charge in [-0.05, 0) is 18.9 Å². The van der Waals surface area contributed by atoms with Crippen LogP contribution in [0, 0.1) is 5.41 Å². The third-order valence-corrected chi connectivity index (χ3v) is 6.13. The molecule has 0 radical (unpaired) electrons. The van der Waals surface area contributed by atoms with Crippen LogP contribution in [0.1, 0.15) is 29.3 Å². The van der Waals surface area contributed by atoms with Gasteiger partial charge in [0, 0.05) is 25.2 Å². The average Bonchev–Trinajstić information content (AvgIpc) is 3.28. The van der Waals surface area contributed by atoms with Gasteiger partial charge in [0.2, 0.25) is 0 Å². The SMILES string of the molecule is COC(=O)[C@]1(C)C[C@@H](C(=O)c2ccccc2)N2CCN(Cc3ccccc3)[C@@H]21. The third kappa shape index (κ3) is 3.15. The lowest BCUT2D eigenvalue weighted by atomic mass is 9.83. The Labute approximate surface area is 165 Å². The maximum absolute atomic E-state index is 13.2. The van der Waals surface area contributed by atoms with E-state index in [0.29, 0.717) is 12.0 Å². The van der Waals surface area contributed by atoms with Crippen LogP contribution < -0.4 is 0 Å². The second-order valence-corrected chi connectivity index (χ2v) is 7.93. The van der Waals surface area contributed by atoms with Crippen molar-refractivity contribution in [1.29, 1.82) is 0 Å². The molecule has 0 N–H and O–H groups in total. The van der Waals surface area contributed by atoms with E-state index in [1.54, 1.807) is 0 Å². The smallest absolute Gasteiger partial charge is 0.314 e. The average molecular weight is 378 g/mol. The van der Waals surface area contributed by atoms with Crippen LogP contribution in [0.4, 0.5) is 0 Å². The molecule has 5 nitrogen and oxygen atoms in total. The highest BCUT2D eigenvalue weighted by Crippen LogP contribution is 2.46. The van der Waals surface area contributed by atoms with Gasteiger partial charge in [-0.15, -0.1) is 0 Å². The Morgan fingerprint density at radius 1 is 1.04 bits per heavy atom. The van der Waals surface area contributed by atoms with Crippen LogP contribution in [0.3, 0.4) is 0 Å². The fourth-order valence-electron chi connectivity index (χ4n) is 4.86. The Kier molecular flexibility index (Phi) is 5.04. The number of fused-ring (bicyclic) bond motifs is 1. The molecule has 5 heteroatoms. The first kappa shape index (κ1) is 18.8. The number of hydrogen-bond donors (Lipinski definition) is 0. The topological polar surface area (TPSA) is 49.9 Å². The van der Waals surface area contributed by atoms with Gasteiger partial charge >= 0.3 is 5.97 Å². The van der Waals surface area contributed by atoms with Crippen LogP contribution in [-0.4, -0.2) is 54.0 Å². The van der Waals surface area contributed by atoms with Crippen molar-refractivity contribution >= 4 is 11.8 Å². The predicted molar refractivity (Wildman–Crippen MR) is 107 cm³/mol. The highest BCUT2D eigenvalue weighted by Gasteiger charge is 2.60. The summed E-state index contributed by atoms with van der Waals surface area (Å²) in [4.78, 5) is 30.5. The number of benzene rings is 2. The Morgan fingerprint density at radius 3 is 2.32 bits per heavy atom. The highest BCUT2D eigenvalue weighted by molar-refractivity contribution is 6.01. The number of ketones is 1. The lowest BCUT2D eigenvalue weighted by Crippen LogP contribution is -2.48. The molecule has 4 rings (SSSR count). The summed E-state index contributed by atoms with van der Waals surface area (Å²) in [6.45, 7) is 4.29. The predicted octanol–water partition coefficient (Wildman–Crippen LogP) is 2.96. The van der Waals surface area contributed by atoms with Crippen LogP contribution in [0.5, 0.6) is 0 Å². The van der Waals surface area contributed by atoms with Gasteiger partial charge in [0.25, 0.3) is 0 Å². The fourth-order valence-corrected chi connectivity index (χ4v) is 4.86. The molecular formula is C23H26N2O3. The van der Waals surface area contributed by atoms with Crippen LogP contribution >= 0.6 is 0 Å². The molecule has 146 valence electrons. The molecule has 2 fully saturated rings. The van der Waals surface area contributed by atoms with Crippen molar-refractivity contribution in [3.05, 3.63) is 71.8 Å². The molecule has 2 aromatic rings. The maximum Gasteiger partial charge on any atom is 0.314 e. The Bertz CT molecular complexity index is 855. The number of hydrogen-bond acceptors (Lipinski definition) is 5. The van der Waals surface area contributed by atoms with Crippen molar-refractivity contribution in [1.82, 2.24) is 9.80 Å². The zero-order chi connectivity index (χ0) is 19.7. The maximum atomic E-state index is 13.2. The molecule has 0 bridgehead atoms. The van der Waals surface area contributed by atoms with E-state index in [1.807, 2.05) is 55.5 Å². The summed E-state index contributed by atoms with van der Waals surface area (Å²) in [6.07, 6.45) is 0.335. The number of carbonyl (C=O) groups is 2. The normalized spacial score (nSPS) is 27.5. The standard InChI is InChI=1S/C23H26N2O3/c1-23(22(27)28-2)15-19(20(26)18-11-7-4-8-12-18)25-14-13-24(21(23)25)16-17-9-5-3-6-10-17/h3-12,19,21H,13-16H2,1-2H3/t19-,21-,23+/m0/s1. The van der Waals surface area contributed by atoms with Crippen molar-refractivity contribution in [3.8, 4) is 0 Å².